The van der Waals surface area contributed by atoms with Crippen molar-refractivity contribution >= 4 is 11.6 Å². The molecule has 2 fully saturated rings. The molecule has 2 aromatic carbocycles. The summed E-state index contributed by atoms with van der Waals surface area (Å²) in [5.41, 5.74) is 2.77. The van der Waals surface area contributed by atoms with Crippen molar-refractivity contribution in [3.63, 3.8) is 0 Å². The second kappa shape index (κ2) is 13.9. The molecule has 10 nitrogen and oxygen atoms in total. The Balaban J connectivity index is 1.23. The normalized spacial score (nSPS) is 16.2. The molecule has 1 aromatic heterocycles. The Morgan fingerprint density at radius 3 is 2.70 bits per heavy atom. The zero-order valence-corrected chi connectivity index (χ0v) is 22.9. The minimum atomic E-state index is 0.0622. The van der Waals surface area contributed by atoms with E-state index in [0.717, 1.165) is 63.2 Å². The Bertz CT molecular complexity index is 1300. The van der Waals surface area contributed by atoms with E-state index in [0.29, 0.717) is 54.3 Å². The number of hydrogen-bond acceptors (Lipinski definition) is 10. The summed E-state index contributed by atoms with van der Waals surface area (Å²) < 4.78 is 23.1. The minimum absolute atomic E-state index is 0.0622. The molecule has 5 rings (SSSR count). The van der Waals surface area contributed by atoms with Crippen LogP contribution in [0.5, 0.6) is 17.2 Å². The van der Waals surface area contributed by atoms with Crippen LogP contribution in [0.4, 0.5) is 11.6 Å². The van der Waals surface area contributed by atoms with Gasteiger partial charge in [-0.1, -0.05) is 0 Å². The van der Waals surface area contributed by atoms with Crippen LogP contribution < -0.4 is 24.8 Å². The lowest BCUT2D eigenvalue weighted by atomic mass is 10.1. The minimum Gasteiger partial charge on any atom is -0.493 e. The van der Waals surface area contributed by atoms with Gasteiger partial charge in [0.25, 0.3) is 0 Å². The molecule has 0 amide bonds. The molecule has 0 unspecified atom stereocenters. The highest BCUT2D eigenvalue weighted by molar-refractivity contribution is 5.66. The van der Waals surface area contributed by atoms with E-state index in [9.17, 15) is 5.26 Å². The van der Waals surface area contributed by atoms with Crippen LogP contribution in [0, 0.1) is 11.3 Å². The molecule has 40 heavy (non-hydrogen) atoms. The molecule has 2 N–H and O–H groups in total. The average molecular weight is 545 g/mol. The van der Waals surface area contributed by atoms with Gasteiger partial charge in [0.2, 0.25) is 5.95 Å². The number of piperazine rings is 1. The van der Waals surface area contributed by atoms with Gasteiger partial charge in [-0.3, -0.25) is 0 Å². The first-order valence-corrected chi connectivity index (χ1v) is 13.8. The SMILES string of the molecule is COc1ccc(Nc2nccc(-c3ccc(OC4CCOCC4)c(C#N)c3)n2)cc1OCCCN1CCNCC1. The number of hydrogen-bond donors (Lipinski definition) is 2. The van der Waals surface area contributed by atoms with Gasteiger partial charge in [0, 0.05) is 69.1 Å². The molecule has 0 saturated carbocycles. The topological polar surface area (TPSA) is 114 Å². The predicted molar refractivity (Wildman–Crippen MR) is 152 cm³/mol. The van der Waals surface area contributed by atoms with E-state index in [1.807, 2.05) is 36.4 Å². The van der Waals surface area contributed by atoms with Gasteiger partial charge < -0.3 is 34.5 Å². The number of nitrogens with one attached hydrogen (secondary N) is 2. The standard InChI is InChI=1S/C30H36N6O4/c1-37-28-6-4-24(20-29(28)39-16-2-13-36-14-11-32-12-15-36)34-30-33-10-7-26(35-30)22-3-5-27(23(19-22)21-31)40-25-8-17-38-18-9-25/h3-7,10,19-20,25,32H,2,8-9,11-18H2,1H3,(H,33,34,35). The molecule has 2 saturated heterocycles. The van der Waals surface area contributed by atoms with Crippen molar-refractivity contribution in [2.45, 2.75) is 25.4 Å². The van der Waals surface area contributed by atoms with Crippen LogP contribution in [0.15, 0.2) is 48.7 Å². The Kier molecular flexibility index (Phi) is 9.63. The summed E-state index contributed by atoms with van der Waals surface area (Å²) in [6.07, 6.45) is 4.34. The van der Waals surface area contributed by atoms with Gasteiger partial charge in [0.1, 0.15) is 17.9 Å². The lowest BCUT2D eigenvalue weighted by Gasteiger charge is -2.27. The Labute approximate surface area is 235 Å². The number of aromatic nitrogens is 2. The van der Waals surface area contributed by atoms with Crippen molar-refractivity contribution < 1.29 is 18.9 Å². The number of anilines is 2. The molecule has 3 heterocycles. The van der Waals surface area contributed by atoms with Gasteiger partial charge in [-0.05, 0) is 42.8 Å². The fourth-order valence-electron chi connectivity index (χ4n) is 4.83. The van der Waals surface area contributed by atoms with E-state index < -0.39 is 0 Å². The van der Waals surface area contributed by atoms with Crippen molar-refractivity contribution in [1.82, 2.24) is 20.2 Å². The van der Waals surface area contributed by atoms with Crippen molar-refractivity contribution in [2.75, 3.05) is 65.0 Å². The van der Waals surface area contributed by atoms with Crippen molar-refractivity contribution in [3.05, 3.63) is 54.2 Å². The average Bonchev–Trinajstić information content (AvgIpc) is 3.01. The monoisotopic (exact) mass is 544 g/mol. The molecule has 0 radical (unpaired) electrons. The van der Waals surface area contributed by atoms with Gasteiger partial charge in [-0.25, -0.2) is 9.97 Å². The summed E-state index contributed by atoms with van der Waals surface area (Å²) in [7, 11) is 1.64. The smallest absolute Gasteiger partial charge is 0.227 e. The quantitative estimate of drug-likeness (QED) is 0.343. The first-order valence-electron chi connectivity index (χ1n) is 13.8. The summed E-state index contributed by atoms with van der Waals surface area (Å²) >= 11 is 0. The Morgan fingerprint density at radius 1 is 1.07 bits per heavy atom. The zero-order valence-electron chi connectivity index (χ0n) is 22.9. The highest BCUT2D eigenvalue weighted by Gasteiger charge is 2.18. The summed E-state index contributed by atoms with van der Waals surface area (Å²) in [5, 5.41) is 16.4. The maximum absolute atomic E-state index is 9.75. The number of ether oxygens (including phenoxy) is 4. The molecule has 0 spiro atoms. The van der Waals surface area contributed by atoms with Crippen LogP contribution in [0.25, 0.3) is 11.3 Å². The largest absolute Gasteiger partial charge is 0.493 e. The van der Waals surface area contributed by atoms with E-state index in [1.165, 1.54) is 0 Å². The van der Waals surface area contributed by atoms with E-state index >= 15 is 0 Å². The second-order valence-corrected chi connectivity index (χ2v) is 9.80. The van der Waals surface area contributed by atoms with Gasteiger partial charge in [-0.2, -0.15) is 5.26 Å². The van der Waals surface area contributed by atoms with Gasteiger partial charge in [-0.15, -0.1) is 0 Å². The summed E-state index contributed by atoms with van der Waals surface area (Å²) in [6, 6.07) is 15.3. The Morgan fingerprint density at radius 2 is 1.90 bits per heavy atom. The van der Waals surface area contributed by atoms with Crippen LogP contribution in [0.1, 0.15) is 24.8 Å². The third-order valence-corrected chi connectivity index (χ3v) is 7.02. The number of nitriles is 1. The van der Waals surface area contributed by atoms with Crippen molar-refractivity contribution in [2.24, 2.45) is 0 Å². The van der Waals surface area contributed by atoms with Crippen LogP contribution in [0.3, 0.4) is 0 Å². The van der Waals surface area contributed by atoms with Crippen molar-refractivity contribution in [3.8, 4) is 34.6 Å². The maximum Gasteiger partial charge on any atom is 0.227 e. The molecule has 3 aromatic rings. The highest BCUT2D eigenvalue weighted by atomic mass is 16.5. The molecule has 0 bridgehead atoms. The van der Waals surface area contributed by atoms with Crippen LogP contribution in [-0.2, 0) is 4.74 Å². The van der Waals surface area contributed by atoms with Crippen LogP contribution in [0.2, 0.25) is 0 Å². The number of methoxy groups -OCH3 is 1. The molecule has 0 aliphatic carbocycles. The molecule has 0 atom stereocenters. The molecule has 2 aliphatic rings. The van der Waals surface area contributed by atoms with Gasteiger partial charge >= 0.3 is 0 Å². The number of benzene rings is 2. The summed E-state index contributed by atoms with van der Waals surface area (Å²) in [6.45, 7) is 7.22. The van der Waals surface area contributed by atoms with Gasteiger partial charge in [0.15, 0.2) is 11.5 Å². The van der Waals surface area contributed by atoms with Crippen molar-refractivity contribution in [1.29, 1.82) is 5.26 Å². The van der Waals surface area contributed by atoms with E-state index in [1.54, 1.807) is 19.4 Å². The fourth-order valence-corrected chi connectivity index (χ4v) is 4.83. The number of nitrogens with zero attached hydrogens (tertiary/aromatic N) is 4. The molecular formula is C30H36N6O4. The lowest BCUT2D eigenvalue weighted by molar-refractivity contribution is 0.0254. The second-order valence-electron chi connectivity index (χ2n) is 9.80. The first-order chi connectivity index (χ1) is 19.7. The van der Waals surface area contributed by atoms with E-state index in [-0.39, 0.29) is 6.10 Å². The van der Waals surface area contributed by atoms with Crippen LogP contribution in [-0.4, -0.2) is 80.6 Å². The lowest BCUT2D eigenvalue weighted by Crippen LogP contribution is -2.43. The van der Waals surface area contributed by atoms with Crippen LogP contribution >= 0.6 is 0 Å². The first kappa shape index (κ1) is 27.6. The Hall–Kier alpha value is -3.91. The molecule has 210 valence electrons. The molecular weight excluding hydrogens is 508 g/mol. The molecule has 10 heteroatoms. The number of rotatable bonds is 11. The summed E-state index contributed by atoms with van der Waals surface area (Å²) in [5.74, 6) is 2.37. The fraction of sp³-hybridized carbons (Fsp3) is 0.433. The third-order valence-electron chi connectivity index (χ3n) is 7.02. The van der Waals surface area contributed by atoms with E-state index in [4.69, 9.17) is 18.9 Å². The summed E-state index contributed by atoms with van der Waals surface area (Å²) in [4.78, 5) is 11.5. The van der Waals surface area contributed by atoms with E-state index in [2.05, 4.69) is 31.6 Å². The zero-order chi connectivity index (χ0) is 27.6. The molecule has 2 aliphatic heterocycles. The third kappa shape index (κ3) is 7.39. The maximum atomic E-state index is 9.75. The predicted octanol–water partition coefficient (Wildman–Crippen LogP) is 4.00. The highest BCUT2D eigenvalue weighted by Crippen LogP contribution is 2.32. The van der Waals surface area contributed by atoms with Gasteiger partial charge in [0.05, 0.1) is 38.2 Å².